The van der Waals surface area contributed by atoms with Crippen LogP contribution in [0.15, 0.2) is 24.3 Å². The number of hydrogen-bond acceptors (Lipinski definition) is 2. The van der Waals surface area contributed by atoms with Crippen LogP contribution in [0.2, 0.25) is 5.02 Å². The third kappa shape index (κ3) is 3.80. The van der Waals surface area contributed by atoms with Gasteiger partial charge in [0.2, 0.25) is 0 Å². The molecule has 2 aliphatic rings. The number of nitrogens with zero attached hydrogens (tertiary/aromatic N) is 1. The predicted molar refractivity (Wildman–Crippen MR) is 87.6 cm³/mol. The van der Waals surface area contributed by atoms with Crippen LogP contribution in [0, 0.1) is 5.41 Å². The summed E-state index contributed by atoms with van der Waals surface area (Å²) in [7, 11) is 0. The molecule has 21 heavy (non-hydrogen) atoms. The molecule has 2 nitrogen and oxygen atoms in total. The molecule has 1 heterocycles. The molecule has 3 heteroatoms. The van der Waals surface area contributed by atoms with Crippen molar-refractivity contribution in [1.29, 1.82) is 0 Å². The van der Waals surface area contributed by atoms with Crippen LogP contribution in [0.5, 0.6) is 0 Å². The number of likely N-dealkylation sites (tertiary alicyclic amines) is 1. The molecule has 0 bridgehead atoms. The van der Waals surface area contributed by atoms with Crippen molar-refractivity contribution >= 4 is 11.6 Å². The van der Waals surface area contributed by atoms with E-state index in [0.717, 1.165) is 23.6 Å². The monoisotopic (exact) mass is 307 g/mol. The van der Waals surface area contributed by atoms with Gasteiger partial charge in [-0.3, -0.25) is 0 Å². The molecule has 1 saturated carbocycles. The predicted octanol–water partition coefficient (Wildman–Crippen LogP) is 4.42. The SMILES string of the molecule is OC(CCN1CCC2(CCCC2)CC1)c1ccc(Cl)cc1. The molecule has 1 unspecified atom stereocenters. The largest absolute Gasteiger partial charge is 0.388 e. The quantitative estimate of drug-likeness (QED) is 0.890. The van der Waals surface area contributed by atoms with E-state index in [-0.39, 0.29) is 6.10 Å². The number of piperidine rings is 1. The van der Waals surface area contributed by atoms with Crippen LogP contribution in [0.3, 0.4) is 0 Å². The molecule has 2 fully saturated rings. The number of benzene rings is 1. The molecule has 1 aromatic carbocycles. The van der Waals surface area contributed by atoms with E-state index >= 15 is 0 Å². The van der Waals surface area contributed by atoms with Crippen LogP contribution in [0.4, 0.5) is 0 Å². The fourth-order valence-electron chi connectivity index (χ4n) is 4.03. The van der Waals surface area contributed by atoms with Crippen molar-refractivity contribution in [2.24, 2.45) is 5.41 Å². The third-order valence-corrected chi connectivity index (χ3v) is 5.81. The van der Waals surface area contributed by atoms with Gasteiger partial charge >= 0.3 is 0 Å². The van der Waals surface area contributed by atoms with Gasteiger partial charge in [-0.2, -0.15) is 0 Å². The minimum Gasteiger partial charge on any atom is -0.388 e. The molecule has 1 N–H and O–H groups in total. The lowest BCUT2D eigenvalue weighted by Crippen LogP contribution is -2.39. The van der Waals surface area contributed by atoms with Crippen LogP contribution in [-0.4, -0.2) is 29.6 Å². The second-order valence-electron chi connectivity index (χ2n) is 6.90. The van der Waals surface area contributed by atoms with E-state index in [1.807, 2.05) is 24.3 Å². The average molecular weight is 308 g/mol. The highest BCUT2D eigenvalue weighted by Crippen LogP contribution is 2.46. The summed E-state index contributed by atoms with van der Waals surface area (Å²) in [6, 6.07) is 7.56. The first-order chi connectivity index (χ1) is 10.2. The zero-order chi connectivity index (χ0) is 14.7. The molecule has 116 valence electrons. The Morgan fingerprint density at radius 2 is 1.67 bits per heavy atom. The van der Waals surface area contributed by atoms with Gasteiger partial charge < -0.3 is 10.0 Å². The summed E-state index contributed by atoms with van der Waals surface area (Å²) in [6.45, 7) is 3.43. The van der Waals surface area contributed by atoms with E-state index in [1.54, 1.807) is 0 Å². The van der Waals surface area contributed by atoms with E-state index in [4.69, 9.17) is 11.6 Å². The normalized spacial score (nSPS) is 23.5. The van der Waals surface area contributed by atoms with Gasteiger partial charge in [-0.05, 0) is 68.3 Å². The highest BCUT2D eigenvalue weighted by molar-refractivity contribution is 6.30. The fraction of sp³-hybridized carbons (Fsp3) is 0.667. The maximum absolute atomic E-state index is 10.3. The highest BCUT2D eigenvalue weighted by Gasteiger charge is 2.36. The van der Waals surface area contributed by atoms with Crippen molar-refractivity contribution < 1.29 is 5.11 Å². The molecular weight excluding hydrogens is 282 g/mol. The summed E-state index contributed by atoms with van der Waals surface area (Å²) in [4.78, 5) is 2.53. The van der Waals surface area contributed by atoms with Gasteiger partial charge in [0, 0.05) is 11.6 Å². The molecule has 1 atom stereocenters. The molecule has 0 radical (unpaired) electrons. The summed E-state index contributed by atoms with van der Waals surface area (Å²) >= 11 is 5.88. The van der Waals surface area contributed by atoms with Crippen molar-refractivity contribution in [3.63, 3.8) is 0 Å². The molecule has 1 aliphatic heterocycles. The van der Waals surface area contributed by atoms with Crippen LogP contribution in [-0.2, 0) is 0 Å². The molecule has 1 spiro atoms. The van der Waals surface area contributed by atoms with Crippen molar-refractivity contribution in [1.82, 2.24) is 4.90 Å². The molecule has 1 aromatic rings. The Labute approximate surface area is 133 Å². The number of aliphatic hydroxyl groups is 1. The maximum Gasteiger partial charge on any atom is 0.0802 e. The lowest BCUT2D eigenvalue weighted by molar-refractivity contribution is 0.0870. The zero-order valence-electron chi connectivity index (χ0n) is 12.7. The lowest BCUT2D eigenvalue weighted by atomic mass is 9.77. The average Bonchev–Trinajstić information content (AvgIpc) is 2.95. The third-order valence-electron chi connectivity index (χ3n) is 5.55. The van der Waals surface area contributed by atoms with E-state index in [0.29, 0.717) is 5.41 Å². The number of aliphatic hydroxyl groups excluding tert-OH is 1. The molecular formula is C18H26ClNO. The van der Waals surface area contributed by atoms with Gasteiger partial charge in [0.1, 0.15) is 0 Å². The second kappa shape index (κ2) is 6.68. The van der Waals surface area contributed by atoms with Crippen molar-refractivity contribution in [3.8, 4) is 0 Å². The molecule has 0 amide bonds. The molecule has 1 aliphatic carbocycles. The van der Waals surface area contributed by atoms with Gasteiger partial charge in [-0.15, -0.1) is 0 Å². The Morgan fingerprint density at radius 3 is 2.29 bits per heavy atom. The topological polar surface area (TPSA) is 23.5 Å². The van der Waals surface area contributed by atoms with Crippen molar-refractivity contribution in [2.75, 3.05) is 19.6 Å². The minimum atomic E-state index is -0.371. The maximum atomic E-state index is 10.3. The first-order valence-corrected chi connectivity index (χ1v) is 8.71. The smallest absolute Gasteiger partial charge is 0.0802 e. The zero-order valence-corrected chi connectivity index (χ0v) is 13.5. The standard InChI is InChI=1S/C18H26ClNO/c19-16-5-3-15(4-6-16)17(21)7-12-20-13-10-18(11-14-20)8-1-2-9-18/h3-6,17,21H,1-2,7-14H2. The van der Waals surface area contributed by atoms with E-state index < -0.39 is 0 Å². The Kier molecular flexibility index (Phi) is 4.88. The molecule has 0 aromatic heterocycles. The van der Waals surface area contributed by atoms with Crippen molar-refractivity contribution in [3.05, 3.63) is 34.9 Å². The number of rotatable bonds is 4. The van der Waals surface area contributed by atoms with Crippen molar-refractivity contribution in [2.45, 2.75) is 51.0 Å². The molecule has 3 rings (SSSR count). The molecule has 1 saturated heterocycles. The van der Waals surface area contributed by atoms with Crippen LogP contribution < -0.4 is 0 Å². The highest BCUT2D eigenvalue weighted by atomic mass is 35.5. The van der Waals surface area contributed by atoms with Crippen LogP contribution in [0.1, 0.15) is 56.6 Å². The summed E-state index contributed by atoms with van der Waals surface area (Å²) in [5.74, 6) is 0. The Morgan fingerprint density at radius 1 is 1.05 bits per heavy atom. The minimum absolute atomic E-state index is 0.371. The van der Waals surface area contributed by atoms with Crippen LogP contribution >= 0.6 is 11.6 Å². The van der Waals surface area contributed by atoms with Gasteiger partial charge in [0.25, 0.3) is 0 Å². The summed E-state index contributed by atoms with van der Waals surface area (Å²) in [5.41, 5.74) is 1.66. The van der Waals surface area contributed by atoms with E-state index in [2.05, 4.69) is 4.90 Å². The Bertz CT molecular complexity index is 443. The van der Waals surface area contributed by atoms with Gasteiger partial charge in [0.05, 0.1) is 6.10 Å². The number of hydrogen-bond donors (Lipinski definition) is 1. The first-order valence-electron chi connectivity index (χ1n) is 8.33. The lowest BCUT2D eigenvalue weighted by Gasteiger charge is -2.39. The van der Waals surface area contributed by atoms with Gasteiger partial charge in [0.15, 0.2) is 0 Å². The van der Waals surface area contributed by atoms with E-state index in [9.17, 15) is 5.11 Å². The first kappa shape index (κ1) is 15.3. The summed E-state index contributed by atoms with van der Waals surface area (Å²) < 4.78 is 0. The summed E-state index contributed by atoms with van der Waals surface area (Å²) in [6.07, 6.45) is 8.96. The summed E-state index contributed by atoms with van der Waals surface area (Å²) in [5, 5.41) is 11.0. The van der Waals surface area contributed by atoms with Gasteiger partial charge in [-0.1, -0.05) is 36.6 Å². The van der Waals surface area contributed by atoms with Gasteiger partial charge in [-0.25, -0.2) is 0 Å². The fourth-order valence-corrected chi connectivity index (χ4v) is 4.16. The Balaban J connectivity index is 1.44. The van der Waals surface area contributed by atoms with E-state index in [1.165, 1.54) is 51.6 Å². The Hall–Kier alpha value is -0.570. The van der Waals surface area contributed by atoms with Crippen LogP contribution in [0.25, 0.3) is 0 Å². The second-order valence-corrected chi connectivity index (χ2v) is 7.34. The number of halogens is 1.